The van der Waals surface area contributed by atoms with Crippen molar-refractivity contribution in [1.29, 1.82) is 0 Å². The summed E-state index contributed by atoms with van der Waals surface area (Å²) in [5.74, 6) is 1.40. The molecule has 6 aromatic rings. The van der Waals surface area contributed by atoms with E-state index in [2.05, 4.69) is 45.1 Å². The molecule has 0 spiro atoms. The average Bonchev–Trinajstić information content (AvgIpc) is 1.10. The van der Waals surface area contributed by atoms with E-state index in [0.29, 0.717) is 70.9 Å². The molecule has 18 rings (SSSR count). The van der Waals surface area contributed by atoms with Crippen molar-refractivity contribution in [1.82, 2.24) is 43.4 Å². The molecule has 113 heavy (non-hydrogen) atoms. The molecule has 6 unspecified atom stereocenters. The molecule has 9 heterocycles. The predicted octanol–water partition coefficient (Wildman–Crippen LogP) is 15.0. The molecular formula is C89H118N12O12. The van der Waals surface area contributed by atoms with Gasteiger partial charge in [-0.25, -0.2) is 29.3 Å². The first-order valence-electron chi connectivity index (χ1n) is 43.7. The van der Waals surface area contributed by atoms with Gasteiger partial charge < -0.3 is 43.5 Å². The van der Waals surface area contributed by atoms with E-state index < -0.39 is 35.0 Å². The van der Waals surface area contributed by atoms with Crippen LogP contribution in [0.3, 0.4) is 0 Å². The van der Waals surface area contributed by atoms with Crippen LogP contribution in [0, 0.1) is 35.5 Å². The van der Waals surface area contributed by atoms with Crippen molar-refractivity contribution in [2.75, 3.05) is 13.2 Å². The van der Waals surface area contributed by atoms with E-state index >= 15 is 0 Å². The molecular weight excluding hydrogens is 1430 g/mol. The zero-order valence-corrected chi connectivity index (χ0v) is 66.7. The largest absolute Gasteiger partial charge is 0.476 e. The number of hydrogen-bond acceptors (Lipinski definition) is 18. The maximum atomic E-state index is 14.0. The van der Waals surface area contributed by atoms with Crippen LogP contribution in [0.1, 0.15) is 281 Å². The highest BCUT2D eigenvalue weighted by atomic mass is 16.6. The molecule has 24 nitrogen and oxygen atoms in total. The van der Waals surface area contributed by atoms with Gasteiger partial charge in [-0.15, -0.1) is 0 Å². The summed E-state index contributed by atoms with van der Waals surface area (Å²) in [5.41, 5.74) is 1.22. The van der Waals surface area contributed by atoms with Gasteiger partial charge in [0.15, 0.2) is 17.1 Å². The van der Waals surface area contributed by atoms with Crippen molar-refractivity contribution >= 4 is 68.1 Å². The lowest BCUT2D eigenvalue weighted by Crippen LogP contribution is -2.58. The summed E-state index contributed by atoms with van der Waals surface area (Å²) >= 11 is 0. The van der Waals surface area contributed by atoms with Gasteiger partial charge in [-0.05, 0) is 234 Å². The van der Waals surface area contributed by atoms with E-state index in [1.54, 1.807) is 27.7 Å². The van der Waals surface area contributed by atoms with Crippen molar-refractivity contribution in [2.45, 2.75) is 325 Å². The van der Waals surface area contributed by atoms with Gasteiger partial charge in [0.05, 0.1) is 33.1 Å². The Balaban J connectivity index is 0.000000128. The van der Waals surface area contributed by atoms with E-state index in [-0.39, 0.29) is 71.2 Å². The number of carboxylic acids is 3. The molecule has 3 N–H and O–H groups in total. The smallest absolute Gasteiger partial charge is 0.360 e. The van der Waals surface area contributed by atoms with Crippen molar-refractivity contribution in [3.8, 4) is 0 Å². The molecule has 3 aromatic carbocycles. The van der Waals surface area contributed by atoms with E-state index in [4.69, 9.17) is 14.5 Å². The number of aliphatic carboxylic acids is 3. The van der Waals surface area contributed by atoms with Crippen LogP contribution >= 0.6 is 0 Å². The predicted molar refractivity (Wildman–Crippen MR) is 435 cm³/mol. The normalized spacial score (nSPS) is 32.1. The number of carboxylic acid groups (broad SMARTS) is 3. The maximum Gasteiger partial charge on any atom is 0.360 e. The van der Waals surface area contributed by atoms with Gasteiger partial charge in [-0.1, -0.05) is 135 Å². The number of nitrogens with zero attached hydrogens (tertiary/aromatic N) is 12. The minimum Gasteiger partial charge on any atom is -0.476 e. The lowest BCUT2D eigenvalue weighted by atomic mass is 9.68. The average molecular weight is 1550 g/mol. The van der Waals surface area contributed by atoms with Gasteiger partial charge in [0.2, 0.25) is 17.1 Å². The summed E-state index contributed by atoms with van der Waals surface area (Å²) < 4.78 is 5.51. The van der Waals surface area contributed by atoms with Gasteiger partial charge in [-0.2, -0.15) is 0 Å². The molecule has 6 aliphatic carbocycles. The molecule has 3 aromatic heterocycles. The lowest BCUT2D eigenvalue weighted by molar-refractivity contribution is -0.130. The third-order valence-corrected chi connectivity index (χ3v) is 28.5. The van der Waals surface area contributed by atoms with Gasteiger partial charge in [0.1, 0.15) is 19.3 Å². The van der Waals surface area contributed by atoms with E-state index in [0.717, 1.165) is 90.6 Å². The molecule has 6 aliphatic heterocycles. The summed E-state index contributed by atoms with van der Waals surface area (Å²) in [5, 5.41) is 40.9. The number of benzene rings is 3. The van der Waals surface area contributed by atoms with Crippen LogP contribution in [-0.4, -0.2) is 167 Å². The SMILES string of the molecule is CC(C)O/N=C(\C(=O)O)c1nc2ccccc2n(C2C[C@H]3CCC[C@@H](C2)N3C2C[C@H]3CCC[C@@H](C2)C3)c1=O.CCO/N=C(\C(=O)O)c1nc2ccccc2n(C2C[C@H]3CCC[C@@H](C2)N3C2C[C@H]3CCCC[C@@H](C2)C3)c1=O.CCO/N=C(\C(=O)O)c1nc2ccccc2n(C2C[C@H]3CCC[C@@H](C2)N3C2C[C@H]3CCC[C@@H](C2)C3)c1=O. The van der Waals surface area contributed by atoms with Gasteiger partial charge >= 0.3 is 17.9 Å². The summed E-state index contributed by atoms with van der Waals surface area (Å²) in [6.07, 6.45) is 42.3. The fraction of sp³-hybridized carbons (Fsp3) is 0.663. The standard InChI is InChI=1S/2C30H40N4O4.C29H38N4O4/c1-18(2)38-32-28(30(36)37)27-29(35)34(26-12-4-3-11-25(26)31-27)24-16-21-9-6-10-22(17-24)33(21)23-14-19-7-5-8-20(13-19)15-23;1-2-38-32-28(30(36)37)27-29(35)34(26-13-6-5-12-25(26)31-27)24-17-21-10-7-11-22(18-24)33(21)23-15-19-8-3-4-9-20(14-19)16-23;1-2-37-31-27(29(35)36)26-28(34)33(25-12-4-3-11-24(25)30-26)23-16-20-9-6-10-21(17-23)32(20)22-14-18-7-5-8-19(13-18)15-22/h3-4,11-12,18-24H,5-10,13-17H2,1-2H3,(H,36,37);5-6,12-13,19-24H,2-4,7-11,14-18H2,1H3,(H,36,37);3-4,11-12,18-23H,2,5-10,13-17H2,1H3,(H,35,36)/b2*32-28-;31-27-/t2*19-,20+,21-,22+,23?,24?;18-,19+,20-,21+,22?,23?. The maximum absolute atomic E-state index is 14.0. The summed E-state index contributed by atoms with van der Waals surface area (Å²) in [6, 6.07) is 27.5. The van der Waals surface area contributed by atoms with Crippen molar-refractivity contribution in [3.05, 3.63) is 121 Å². The first-order chi connectivity index (χ1) is 54.9. The lowest BCUT2D eigenvalue weighted by Gasteiger charge is -2.55. The summed E-state index contributed by atoms with van der Waals surface area (Å²) in [6.45, 7) is 7.40. The Labute approximate surface area is 662 Å². The fourth-order valence-corrected chi connectivity index (χ4v) is 24.6. The Morgan fingerprint density at radius 1 is 0.354 bits per heavy atom. The molecule has 12 fully saturated rings. The minimum absolute atomic E-state index is 0.00449. The molecule has 12 bridgehead atoms. The van der Waals surface area contributed by atoms with Crippen LogP contribution in [0.25, 0.3) is 33.1 Å². The molecule has 12 aliphatic rings. The van der Waals surface area contributed by atoms with Gasteiger partial charge in [-0.3, -0.25) is 29.1 Å². The molecule has 6 saturated carbocycles. The highest BCUT2D eigenvalue weighted by Crippen LogP contribution is 2.52. The minimum atomic E-state index is -1.31. The van der Waals surface area contributed by atoms with Crippen LogP contribution in [0.5, 0.6) is 0 Å². The number of rotatable bonds is 18. The zero-order chi connectivity index (χ0) is 78.1. The van der Waals surface area contributed by atoms with E-state index in [9.17, 15) is 44.1 Å². The van der Waals surface area contributed by atoms with Gasteiger partial charge in [0.25, 0.3) is 16.7 Å². The second-order valence-corrected chi connectivity index (χ2v) is 36.0. The third-order valence-electron chi connectivity index (χ3n) is 28.5. The monoisotopic (exact) mass is 1550 g/mol. The molecule has 0 radical (unpaired) electrons. The van der Waals surface area contributed by atoms with E-state index in [1.807, 2.05) is 86.5 Å². The number of aromatic nitrogens is 6. The number of fused-ring (bicyclic) bond motifs is 15. The number of carbonyl (C=O) groups is 3. The molecule has 24 heteroatoms. The van der Waals surface area contributed by atoms with Crippen LogP contribution < -0.4 is 16.7 Å². The van der Waals surface area contributed by atoms with E-state index in [1.165, 1.54) is 180 Å². The fourth-order valence-electron chi connectivity index (χ4n) is 24.6. The Bertz CT molecular complexity index is 4660. The number of hydrogen-bond donors (Lipinski definition) is 3. The Kier molecular flexibility index (Phi) is 24.1. The highest BCUT2D eigenvalue weighted by Gasteiger charge is 2.50. The Morgan fingerprint density at radius 2 is 0.611 bits per heavy atom. The van der Waals surface area contributed by atoms with Crippen molar-refractivity contribution < 1.29 is 44.2 Å². The molecule has 18 atom stereocenters. The number of oxime groups is 3. The van der Waals surface area contributed by atoms with Crippen LogP contribution in [0.15, 0.2) is 103 Å². The zero-order valence-electron chi connectivity index (χ0n) is 66.7. The quantitative estimate of drug-likeness (QED) is 0.0532. The molecule has 0 amide bonds. The van der Waals surface area contributed by atoms with Gasteiger partial charge in [0, 0.05) is 72.5 Å². The van der Waals surface area contributed by atoms with Crippen LogP contribution in [0.2, 0.25) is 0 Å². The first kappa shape index (κ1) is 78.7. The first-order valence-corrected chi connectivity index (χ1v) is 43.7. The molecule has 606 valence electrons. The summed E-state index contributed by atoms with van der Waals surface area (Å²) in [4.78, 5) is 116. The molecule has 6 saturated heterocycles. The summed E-state index contributed by atoms with van der Waals surface area (Å²) in [7, 11) is 0. The van der Waals surface area contributed by atoms with Crippen molar-refractivity contribution in [3.63, 3.8) is 0 Å². The highest BCUT2D eigenvalue weighted by molar-refractivity contribution is 6.43. The number of piperidine rings is 6. The topological polar surface area (TPSA) is 291 Å². The van der Waals surface area contributed by atoms with Crippen molar-refractivity contribution in [2.24, 2.45) is 51.0 Å². The van der Waals surface area contributed by atoms with Crippen LogP contribution in [0.4, 0.5) is 0 Å². The second-order valence-electron chi connectivity index (χ2n) is 36.0. The third kappa shape index (κ3) is 16.6. The van der Waals surface area contributed by atoms with Crippen LogP contribution in [-0.2, 0) is 28.9 Å². The second kappa shape index (κ2) is 34.7. The number of para-hydroxylation sites is 6. The Morgan fingerprint density at radius 3 is 0.876 bits per heavy atom. The Hall–Kier alpha value is -8.22.